The van der Waals surface area contributed by atoms with Crippen LogP contribution in [0.4, 0.5) is 5.69 Å². The summed E-state index contributed by atoms with van der Waals surface area (Å²) in [7, 11) is 0. The Labute approximate surface area is 167 Å². The number of hydrogen-bond acceptors (Lipinski definition) is 4. The van der Waals surface area contributed by atoms with E-state index in [-0.39, 0.29) is 12.5 Å². The highest BCUT2D eigenvalue weighted by Crippen LogP contribution is 2.21. The first-order valence-corrected chi connectivity index (χ1v) is 9.27. The summed E-state index contributed by atoms with van der Waals surface area (Å²) < 4.78 is 6.92. The number of imidazole rings is 1. The minimum Gasteiger partial charge on any atom is -0.462 e. The van der Waals surface area contributed by atoms with Crippen molar-refractivity contribution in [3.05, 3.63) is 90.3 Å². The lowest BCUT2D eigenvalue weighted by Crippen LogP contribution is -2.16. The Bertz CT molecular complexity index is 1180. The average molecular weight is 385 g/mol. The van der Waals surface area contributed by atoms with E-state index in [1.165, 1.54) is 0 Å². The van der Waals surface area contributed by atoms with E-state index in [4.69, 9.17) is 4.74 Å². The number of pyridine rings is 1. The van der Waals surface area contributed by atoms with Gasteiger partial charge in [0, 0.05) is 23.5 Å². The maximum atomic E-state index is 12.8. The van der Waals surface area contributed by atoms with E-state index in [1.807, 2.05) is 40.9 Å². The van der Waals surface area contributed by atoms with Gasteiger partial charge in [-0.05, 0) is 31.2 Å². The van der Waals surface area contributed by atoms with Crippen molar-refractivity contribution in [3.8, 4) is 11.3 Å². The molecule has 0 unspecified atom stereocenters. The first kappa shape index (κ1) is 18.4. The standard InChI is InChI=1S/C23H19N3O3/c1-2-29-23(28)18-10-6-7-11-19(18)25-22(27)17-12-13-26-15-20(24-21(26)14-17)16-8-4-3-5-9-16/h3-15H,2H2,1H3,(H,25,27). The number of nitrogens with one attached hydrogen (secondary N) is 1. The zero-order chi connectivity index (χ0) is 20.2. The Morgan fingerprint density at radius 1 is 1.03 bits per heavy atom. The molecule has 1 N–H and O–H groups in total. The monoisotopic (exact) mass is 385 g/mol. The number of rotatable bonds is 5. The fraction of sp³-hybridized carbons (Fsp3) is 0.0870. The molecule has 1 amide bonds. The second kappa shape index (κ2) is 7.98. The molecule has 0 radical (unpaired) electrons. The van der Waals surface area contributed by atoms with Gasteiger partial charge in [0.2, 0.25) is 0 Å². The number of carbonyl (C=O) groups is 2. The van der Waals surface area contributed by atoms with E-state index < -0.39 is 5.97 Å². The first-order chi connectivity index (χ1) is 14.2. The van der Waals surface area contributed by atoms with E-state index in [9.17, 15) is 9.59 Å². The minimum absolute atomic E-state index is 0.265. The van der Waals surface area contributed by atoms with Gasteiger partial charge >= 0.3 is 5.97 Å². The Morgan fingerprint density at radius 3 is 2.59 bits per heavy atom. The van der Waals surface area contributed by atoms with Gasteiger partial charge in [0.05, 0.1) is 23.6 Å². The molecule has 0 spiro atoms. The van der Waals surface area contributed by atoms with Crippen LogP contribution >= 0.6 is 0 Å². The Balaban J connectivity index is 1.61. The fourth-order valence-electron chi connectivity index (χ4n) is 3.04. The van der Waals surface area contributed by atoms with Gasteiger partial charge in [-0.2, -0.15) is 0 Å². The molecular weight excluding hydrogens is 366 g/mol. The van der Waals surface area contributed by atoms with Gasteiger partial charge in [0.25, 0.3) is 5.91 Å². The van der Waals surface area contributed by atoms with Gasteiger partial charge in [-0.1, -0.05) is 42.5 Å². The number of aromatic nitrogens is 2. The van der Waals surface area contributed by atoms with Crippen molar-refractivity contribution in [2.45, 2.75) is 6.92 Å². The average Bonchev–Trinajstić information content (AvgIpc) is 3.18. The summed E-state index contributed by atoms with van der Waals surface area (Å²) in [6.07, 6.45) is 3.71. The SMILES string of the molecule is CCOC(=O)c1ccccc1NC(=O)c1ccn2cc(-c3ccccc3)nc2c1. The van der Waals surface area contributed by atoms with E-state index in [0.717, 1.165) is 11.3 Å². The highest BCUT2D eigenvalue weighted by molar-refractivity contribution is 6.08. The summed E-state index contributed by atoms with van der Waals surface area (Å²) in [6.45, 7) is 2.00. The molecule has 4 rings (SSSR count). The van der Waals surface area contributed by atoms with E-state index in [1.54, 1.807) is 49.5 Å². The van der Waals surface area contributed by atoms with Gasteiger partial charge in [0.15, 0.2) is 0 Å². The van der Waals surface area contributed by atoms with Crippen molar-refractivity contribution >= 4 is 23.2 Å². The molecular formula is C23H19N3O3. The normalized spacial score (nSPS) is 10.7. The molecule has 0 saturated heterocycles. The van der Waals surface area contributed by atoms with Gasteiger partial charge in [0.1, 0.15) is 5.65 Å². The molecule has 2 heterocycles. The molecule has 0 aliphatic carbocycles. The zero-order valence-electron chi connectivity index (χ0n) is 15.8. The zero-order valence-corrected chi connectivity index (χ0v) is 15.8. The maximum absolute atomic E-state index is 12.8. The van der Waals surface area contributed by atoms with Crippen LogP contribution in [0.3, 0.4) is 0 Å². The third-order valence-corrected chi connectivity index (χ3v) is 4.46. The van der Waals surface area contributed by atoms with Crippen LogP contribution in [0.2, 0.25) is 0 Å². The highest BCUT2D eigenvalue weighted by atomic mass is 16.5. The number of para-hydroxylation sites is 1. The number of carbonyl (C=O) groups excluding carboxylic acids is 2. The van der Waals surface area contributed by atoms with Crippen LogP contribution in [-0.2, 0) is 4.74 Å². The van der Waals surface area contributed by atoms with E-state index in [2.05, 4.69) is 10.3 Å². The van der Waals surface area contributed by atoms with Crippen LogP contribution in [0.5, 0.6) is 0 Å². The Kier molecular flexibility index (Phi) is 5.07. The second-order valence-electron chi connectivity index (χ2n) is 6.39. The lowest BCUT2D eigenvalue weighted by molar-refractivity contribution is 0.0527. The van der Waals surface area contributed by atoms with Crippen molar-refractivity contribution in [3.63, 3.8) is 0 Å². The van der Waals surface area contributed by atoms with Crippen molar-refractivity contribution in [1.29, 1.82) is 0 Å². The predicted octanol–water partition coefficient (Wildman–Crippen LogP) is 4.43. The van der Waals surface area contributed by atoms with Gasteiger partial charge in [-0.15, -0.1) is 0 Å². The van der Waals surface area contributed by atoms with E-state index in [0.29, 0.717) is 22.5 Å². The summed E-state index contributed by atoms with van der Waals surface area (Å²) in [6, 6.07) is 20.0. The quantitative estimate of drug-likeness (QED) is 0.516. The number of benzene rings is 2. The predicted molar refractivity (Wildman–Crippen MR) is 111 cm³/mol. The number of amides is 1. The number of nitrogens with zero attached hydrogens (tertiary/aromatic N) is 2. The second-order valence-corrected chi connectivity index (χ2v) is 6.39. The minimum atomic E-state index is -0.473. The molecule has 6 nitrogen and oxygen atoms in total. The molecule has 0 aliphatic heterocycles. The summed E-state index contributed by atoms with van der Waals surface area (Å²) in [5.41, 5.74) is 3.66. The van der Waals surface area contributed by atoms with Crippen LogP contribution in [0.15, 0.2) is 79.1 Å². The molecule has 0 atom stereocenters. The summed E-state index contributed by atoms with van der Waals surface area (Å²) in [4.78, 5) is 29.5. The van der Waals surface area contributed by atoms with Gasteiger partial charge < -0.3 is 14.5 Å². The van der Waals surface area contributed by atoms with Crippen LogP contribution in [0, 0.1) is 0 Å². The molecule has 0 fully saturated rings. The summed E-state index contributed by atoms with van der Waals surface area (Å²) in [5.74, 6) is -0.798. The third kappa shape index (κ3) is 3.87. The molecule has 29 heavy (non-hydrogen) atoms. The topological polar surface area (TPSA) is 72.7 Å². The van der Waals surface area contributed by atoms with Crippen LogP contribution in [0.1, 0.15) is 27.6 Å². The molecule has 0 saturated carbocycles. The highest BCUT2D eigenvalue weighted by Gasteiger charge is 2.15. The molecule has 4 aromatic rings. The summed E-state index contributed by atoms with van der Waals surface area (Å²) in [5, 5.41) is 2.79. The molecule has 144 valence electrons. The largest absolute Gasteiger partial charge is 0.462 e. The Hall–Kier alpha value is -3.93. The maximum Gasteiger partial charge on any atom is 0.340 e. The lowest BCUT2D eigenvalue weighted by atomic mass is 10.1. The third-order valence-electron chi connectivity index (χ3n) is 4.46. The number of esters is 1. The molecule has 2 aromatic carbocycles. The van der Waals surface area contributed by atoms with Crippen LogP contribution in [-0.4, -0.2) is 27.9 Å². The van der Waals surface area contributed by atoms with Crippen molar-refractivity contribution in [2.75, 3.05) is 11.9 Å². The van der Waals surface area contributed by atoms with Crippen molar-refractivity contribution < 1.29 is 14.3 Å². The van der Waals surface area contributed by atoms with Crippen LogP contribution in [0.25, 0.3) is 16.9 Å². The van der Waals surface area contributed by atoms with Crippen molar-refractivity contribution in [1.82, 2.24) is 9.38 Å². The molecule has 2 aromatic heterocycles. The first-order valence-electron chi connectivity index (χ1n) is 9.27. The lowest BCUT2D eigenvalue weighted by Gasteiger charge is -2.10. The number of ether oxygens (including phenoxy) is 1. The van der Waals surface area contributed by atoms with Crippen LogP contribution < -0.4 is 5.32 Å². The molecule has 0 aliphatic rings. The Morgan fingerprint density at radius 2 is 1.79 bits per heavy atom. The van der Waals surface area contributed by atoms with E-state index >= 15 is 0 Å². The number of hydrogen-bond donors (Lipinski definition) is 1. The smallest absolute Gasteiger partial charge is 0.340 e. The molecule has 6 heteroatoms. The fourth-order valence-corrected chi connectivity index (χ4v) is 3.04. The molecule has 0 bridgehead atoms. The van der Waals surface area contributed by atoms with Crippen molar-refractivity contribution in [2.24, 2.45) is 0 Å². The van der Waals surface area contributed by atoms with Gasteiger partial charge in [-0.3, -0.25) is 4.79 Å². The van der Waals surface area contributed by atoms with Gasteiger partial charge in [-0.25, -0.2) is 9.78 Å². The number of anilines is 1. The number of fused-ring (bicyclic) bond motifs is 1. The summed E-state index contributed by atoms with van der Waals surface area (Å²) >= 11 is 0.